The van der Waals surface area contributed by atoms with Gasteiger partial charge in [0, 0.05) is 26.2 Å². The Morgan fingerprint density at radius 2 is 1.73 bits per heavy atom. The second-order valence-electron chi connectivity index (χ2n) is 7.24. The maximum absolute atomic E-state index is 9.41. The summed E-state index contributed by atoms with van der Waals surface area (Å²) in [5.74, 6) is 0.844. The van der Waals surface area contributed by atoms with Crippen LogP contribution in [0.15, 0.2) is 29.3 Å². The minimum atomic E-state index is 0.119. The average molecular weight is 363 g/mol. The number of nitrogens with zero attached hydrogens (tertiary/aromatic N) is 2. The molecule has 0 heterocycles. The molecule has 5 heteroatoms. The van der Waals surface area contributed by atoms with E-state index >= 15 is 0 Å². The Labute approximate surface area is 159 Å². The van der Waals surface area contributed by atoms with E-state index in [0.717, 1.165) is 44.9 Å². The summed E-state index contributed by atoms with van der Waals surface area (Å²) >= 11 is 0. The molecule has 26 heavy (non-hydrogen) atoms. The Bertz CT molecular complexity index is 539. The maximum Gasteiger partial charge on any atom is 0.191 e. The summed E-state index contributed by atoms with van der Waals surface area (Å²) in [5.41, 5.74) is 2.69. The van der Waals surface area contributed by atoms with Gasteiger partial charge in [-0.05, 0) is 56.8 Å². The Morgan fingerprint density at radius 1 is 1.08 bits per heavy atom. The highest BCUT2D eigenvalue weighted by Gasteiger charge is 2.25. The van der Waals surface area contributed by atoms with Crippen molar-refractivity contribution in [3.8, 4) is 0 Å². The molecule has 0 amide bonds. The number of aliphatic hydroxyl groups excluding tert-OH is 1. The summed E-state index contributed by atoms with van der Waals surface area (Å²) < 4.78 is 0. The van der Waals surface area contributed by atoms with Crippen LogP contribution in [0.5, 0.6) is 0 Å². The van der Waals surface area contributed by atoms with Crippen LogP contribution in [-0.2, 0) is 13.1 Å². The minimum absolute atomic E-state index is 0.119. The first kappa shape index (κ1) is 22.5. The van der Waals surface area contributed by atoms with E-state index in [1.54, 1.807) is 0 Å². The zero-order valence-corrected chi connectivity index (χ0v) is 17.3. The van der Waals surface area contributed by atoms with Crippen LogP contribution in [0.3, 0.4) is 0 Å². The van der Waals surface area contributed by atoms with Gasteiger partial charge in [0.1, 0.15) is 0 Å². The Morgan fingerprint density at radius 3 is 2.27 bits per heavy atom. The van der Waals surface area contributed by atoms with Crippen LogP contribution in [0.25, 0.3) is 0 Å². The van der Waals surface area contributed by atoms with E-state index in [-0.39, 0.29) is 12.0 Å². The molecule has 148 valence electrons. The van der Waals surface area contributed by atoms with Gasteiger partial charge in [-0.1, -0.05) is 38.1 Å². The van der Waals surface area contributed by atoms with Gasteiger partial charge < -0.3 is 20.6 Å². The molecule has 1 aromatic rings. The fourth-order valence-corrected chi connectivity index (χ4v) is 3.16. The van der Waals surface area contributed by atoms with Crippen molar-refractivity contribution < 1.29 is 5.11 Å². The fraction of sp³-hybridized carbons (Fsp3) is 0.667. The highest BCUT2D eigenvalue weighted by atomic mass is 16.3. The van der Waals surface area contributed by atoms with Crippen LogP contribution < -0.4 is 10.6 Å². The molecule has 0 bridgehead atoms. The molecule has 0 radical (unpaired) electrons. The van der Waals surface area contributed by atoms with Crippen molar-refractivity contribution in [1.82, 2.24) is 15.5 Å². The van der Waals surface area contributed by atoms with Crippen LogP contribution in [0.2, 0.25) is 0 Å². The van der Waals surface area contributed by atoms with Gasteiger partial charge in [-0.3, -0.25) is 0 Å². The molecule has 5 nitrogen and oxygen atoms in total. The number of rotatable bonds is 11. The highest BCUT2D eigenvalue weighted by molar-refractivity contribution is 5.79. The van der Waals surface area contributed by atoms with E-state index in [2.05, 4.69) is 74.7 Å². The number of aliphatic hydroxyl groups is 1. The topological polar surface area (TPSA) is 59.9 Å². The molecule has 0 spiro atoms. The first-order valence-electron chi connectivity index (χ1n) is 9.84. The summed E-state index contributed by atoms with van der Waals surface area (Å²) in [7, 11) is 4.17. The van der Waals surface area contributed by atoms with Crippen LogP contribution in [0, 0.1) is 5.41 Å². The molecule has 0 atom stereocenters. The quantitative estimate of drug-likeness (QED) is 0.418. The standard InChI is InChI=1S/C21H38N4O/c1-6-21(7-2,13-14-26)17-24-20(22-8-3)23-15-18-11-9-10-12-19(18)16-25(4)5/h9-12,26H,6-8,13-17H2,1-5H3,(H2,22,23,24). The molecule has 0 aromatic heterocycles. The third kappa shape index (κ3) is 7.34. The second-order valence-corrected chi connectivity index (χ2v) is 7.24. The lowest BCUT2D eigenvalue weighted by atomic mass is 9.79. The van der Waals surface area contributed by atoms with E-state index < -0.39 is 0 Å². The Balaban J connectivity index is 2.83. The van der Waals surface area contributed by atoms with Gasteiger partial charge in [-0.25, -0.2) is 4.99 Å². The van der Waals surface area contributed by atoms with Gasteiger partial charge in [-0.15, -0.1) is 0 Å². The number of guanidine groups is 1. The number of aliphatic imine (C=N–C) groups is 1. The third-order valence-corrected chi connectivity index (χ3v) is 5.13. The van der Waals surface area contributed by atoms with E-state index in [1.165, 1.54) is 11.1 Å². The van der Waals surface area contributed by atoms with E-state index in [0.29, 0.717) is 6.54 Å². The fourth-order valence-electron chi connectivity index (χ4n) is 3.16. The second kappa shape index (κ2) is 11.9. The molecule has 0 aliphatic rings. The van der Waals surface area contributed by atoms with Crippen molar-refractivity contribution in [1.29, 1.82) is 0 Å². The number of nitrogens with one attached hydrogen (secondary N) is 2. The molecule has 0 aliphatic heterocycles. The Kier molecular flexibility index (Phi) is 10.3. The lowest BCUT2D eigenvalue weighted by Crippen LogP contribution is -2.43. The molecule has 0 saturated heterocycles. The SMILES string of the molecule is CCNC(=NCc1ccccc1CN(C)C)NCC(CC)(CC)CCO. The van der Waals surface area contributed by atoms with Crippen molar-refractivity contribution in [3.63, 3.8) is 0 Å². The molecule has 0 unspecified atom stereocenters. The number of hydrogen-bond donors (Lipinski definition) is 3. The molecular weight excluding hydrogens is 324 g/mol. The zero-order valence-electron chi connectivity index (χ0n) is 17.3. The smallest absolute Gasteiger partial charge is 0.191 e. The summed E-state index contributed by atoms with van der Waals surface area (Å²) in [6.45, 7) is 9.94. The van der Waals surface area contributed by atoms with Crippen molar-refractivity contribution in [2.45, 2.75) is 53.1 Å². The normalized spacial score (nSPS) is 12.5. The van der Waals surface area contributed by atoms with E-state index in [1.807, 2.05) is 0 Å². The largest absolute Gasteiger partial charge is 0.396 e. The van der Waals surface area contributed by atoms with Crippen molar-refractivity contribution in [3.05, 3.63) is 35.4 Å². The number of hydrogen-bond acceptors (Lipinski definition) is 3. The lowest BCUT2D eigenvalue weighted by molar-refractivity contribution is 0.169. The lowest BCUT2D eigenvalue weighted by Gasteiger charge is -2.32. The van der Waals surface area contributed by atoms with Crippen LogP contribution in [0.4, 0.5) is 0 Å². The third-order valence-electron chi connectivity index (χ3n) is 5.13. The van der Waals surface area contributed by atoms with Crippen LogP contribution >= 0.6 is 0 Å². The first-order valence-corrected chi connectivity index (χ1v) is 9.84. The maximum atomic E-state index is 9.41. The van der Waals surface area contributed by atoms with E-state index in [4.69, 9.17) is 4.99 Å². The minimum Gasteiger partial charge on any atom is -0.396 e. The average Bonchev–Trinajstić information content (AvgIpc) is 2.63. The summed E-state index contributed by atoms with van der Waals surface area (Å²) in [6, 6.07) is 8.48. The molecule has 0 fully saturated rings. The van der Waals surface area contributed by atoms with Gasteiger partial charge >= 0.3 is 0 Å². The van der Waals surface area contributed by atoms with Crippen molar-refractivity contribution in [2.75, 3.05) is 33.8 Å². The monoisotopic (exact) mass is 362 g/mol. The van der Waals surface area contributed by atoms with Gasteiger partial charge in [0.15, 0.2) is 5.96 Å². The highest BCUT2D eigenvalue weighted by Crippen LogP contribution is 2.29. The first-order chi connectivity index (χ1) is 12.5. The van der Waals surface area contributed by atoms with Gasteiger partial charge in [0.2, 0.25) is 0 Å². The van der Waals surface area contributed by atoms with Crippen molar-refractivity contribution >= 4 is 5.96 Å². The Hall–Kier alpha value is -1.59. The summed E-state index contributed by atoms with van der Waals surface area (Å²) in [5, 5.41) is 16.2. The summed E-state index contributed by atoms with van der Waals surface area (Å²) in [4.78, 5) is 6.98. The molecule has 1 aromatic carbocycles. The predicted molar refractivity (Wildman–Crippen MR) is 111 cm³/mol. The van der Waals surface area contributed by atoms with Crippen LogP contribution in [0.1, 0.15) is 51.2 Å². The molecule has 0 saturated carbocycles. The molecule has 1 rings (SSSR count). The van der Waals surface area contributed by atoms with Gasteiger partial charge in [0.25, 0.3) is 0 Å². The molecule has 0 aliphatic carbocycles. The van der Waals surface area contributed by atoms with Crippen LogP contribution in [-0.4, -0.2) is 49.8 Å². The predicted octanol–water partition coefficient (Wildman–Crippen LogP) is 2.99. The van der Waals surface area contributed by atoms with E-state index in [9.17, 15) is 5.11 Å². The zero-order chi connectivity index (χ0) is 19.4. The van der Waals surface area contributed by atoms with Gasteiger partial charge in [-0.2, -0.15) is 0 Å². The molecule has 3 N–H and O–H groups in total. The van der Waals surface area contributed by atoms with Crippen molar-refractivity contribution in [2.24, 2.45) is 10.4 Å². The molecular formula is C21H38N4O. The summed E-state index contributed by atoms with van der Waals surface area (Å²) in [6.07, 6.45) is 2.91. The number of benzene rings is 1. The van der Waals surface area contributed by atoms with Gasteiger partial charge in [0.05, 0.1) is 6.54 Å².